The minimum Gasteiger partial charge on any atom is -0.379 e. The van der Waals surface area contributed by atoms with Crippen LogP contribution in [0.4, 0.5) is 0 Å². The lowest BCUT2D eigenvalue weighted by atomic mass is 10.0. The molecule has 1 saturated heterocycles. The van der Waals surface area contributed by atoms with E-state index >= 15 is 0 Å². The number of nitrogens with zero attached hydrogens (tertiary/aromatic N) is 1. The molecule has 0 spiro atoms. The molecule has 1 atom stereocenters. The molecule has 2 heterocycles. The first kappa shape index (κ1) is 20.3. The third-order valence-corrected chi connectivity index (χ3v) is 7.18. The zero-order chi connectivity index (χ0) is 18.4. The van der Waals surface area contributed by atoms with Crippen LogP contribution in [0.2, 0.25) is 0 Å². The molecule has 0 bridgehead atoms. The molecule has 2 N–H and O–H groups in total. The molecule has 0 saturated carbocycles. The van der Waals surface area contributed by atoms with Crippen LogP contribution in [0, 0.1) is 5.92 Å². The van der Waals surface area contributed by atoms with Gasteiger partial charge >= 0.3 is 0 Å². The number of carbonyl (C=O) groups is 1. The lowest BCUT2D eigenvalue weighted by Gasteiger charge is -2.36. The van der Waals surface area contributed by atoms with Crippen molar-refractivity contribution in [1.29, 1.82) is 0 Å². The van der Waals surface area contributed by atoms with Gasteiger partial charge in [0.15, 0.2) is 0 Å². The highest BCUT2D eigenvalue weighted by atomic mass is 32.2. The van der Waals surface area contributed by atoms with Crippen molar-refractivity contribution in [3.63, 3.8) is 0 Å². The number of rotatable bonds is 8. The van der Waals surface area contributed by atoms with Crippen LogP contribution in [-0.2, 0) is 26.1 Å². The van der Waals surface area contributed by atoms with Crippen molar-refractivity contribution in [3.05, 3.63) is 17.0 Å². The van der Waals surface area contributed by atoms with Crippen LogP contribution >= 0.6 is 11.3 Å². The molecule has 1 aliphatic rings. The molecule has 0 aromatic carbocycles. The van der Waals surface area contributed by atoms with Crippen molar-refractivity contribution < 1.29 is 17.9 Å². The number of amides is 1. The van der Waals surface area contributed by atoms with Crippen molar-refractivity contribution in [2.24, 2.45) is 5.92 Å². The van der Waals surface area contributed by atoms with Gasteiger partial charge in [-0.05, 0) is 18.1 Å². The lowest BCUT2D eigenvalue weighted by molar-refractivity contribution is -0.119. The van der Waals surface area contributed by atoms with Gasteiger partial charge in [0.05, 0.1) is 19.8 Å². The van der Waals surface area contributed by atoms with E-state index in [1.807, 2.05) is 0 Å². The Hall–Kier alpha value is -1.00. The van der Waals surface area contributed by atoms with E-state index in [1.165, 1.54) is 18.3 Å². The van der Waals surface area contributed by atoms with Crippen LogP contribution in [0.15, 0.2) is 16.3 Å². The molecule has 9 heteroatoms. The Kier molecular flexibility index (Phi) is 7.38. The van der Waals surface area contributed by atoms with Crippen LogP contribution < -0.4 is 10.0 Å². The SMILES string of the molecule is CC(=O)NCc1ccc(S(=O)(=O)NCC(C(C)C)N2CCOCC2)s1. The number of thiophene rings is 1. The number of hydrogen-bond donors (Lipinski definition) is 2. The summed E-state index contributed by atoms with van der Waals surface area (Å²) in [5, 5.41) is 2.67. The summed E-state index contributed by atoms with van der Waals surface area (Å²) in [6.07, 6.45) is 0. The normalized spacial score (nSPS) is 17.6. The van der Waals surface area contributed by atoms with Gasteiger partial charge in [-0.25, -0.2) is 13.1 Å². The summed E-state index contributed by atoms with van der Waals surface area (Å²) in [4.78, 5) is 14.1. The second-order valence-corrected chi connectivity index (χ2v) is 9.60. The van der Waals surface area contributed by atoms with E-state index in [2.05, 4.69) is 28.8 Å². The molecule has 0 aliphatic carbocycles. The van der Waals surface area contributed by atoms with Gasteiger partial charge < -0.3 is 10.1 Å². The molecule has 1 aromatic heterocycles. The predicted octanol–water partition coefficient (Wildman–Crippen LogP) is 1.02. The first-order valence-corrected chi connectivity index (χ1v) is 10.7. The maximum atomic E-state index is 12.6. The van der Waals surface area contributed by atoms with E-state index in [4.69, 9.17) is 4.74 Å². The van der Waals surface area contributed by atoms with Gasteiger partial charge in [0, 0.05) is 37.5 Å². The summed E-state index contributed by atoms with van der Waals surface area (Å²) in [5.41, 5.74) is 0. The van der Waals surface area contributed by atoms with Gasteiger partial charge in [0.25, 0.3) is 0 Å². The molecule has 1 amide bonds. The summed E-state index contributed by atoms with van der Waals surface area (Å²) >= 11 is 1.18. The van der Waals surface area contributed by atoms with Gasteiger partial charge in [-0.2, -0.15) is 0 Å². The van der Waals surface area contributed by atoms with Crippen molar-refractivity contribution in [3.8, 4) is 0 Å². The standard InChI is InChI=1S/C16H27N3O4S2/c1-12(2)15(19-6-8-23-9-7-19)11-18-25(21,22)16-5-4-14(24-16)10-17-13(3)20/h4-5,12,15,18H,6-11H2,1-3H3,(H,17,20). The van der Waals surface area contributed by atoms with Crippen LogP contribution in [0.25, 0.3) is 0 Å². The van der Waals surface area contributed by atoms with Crippen molar-refractivity contribution in [2.75, 3.05) is 32.8 Å². The first-order valence-electron chi connectivity index (χ1n) is 8.44. The average molecular weight is 390 g/mol. The average Bonchev–Trinajstić information content (AvgIpc) is 3.03. The van der Waals surface area contributed by atoms with Crippen LogP contribution in [0.1, 0.15) is 25.6 Å². The van der Waals surface area contributed by atoms with Gasteiger partial charge in [0.2, 0.25) is 15.9 Å². The molecule has 1 aromatic rings. The Morgan fingerprint density at radius 1 is 1.32 bits per heavy atom. The van der Waals surface area contributed by atoms with Crippen molar-refractivity contribution in [1.82, 2.24) is 14.9 Å². The second kappa shape index (κ2) is 9.09. The number of carbonyl (C=O) groups excluding carboxylic acids is 1. The topological polar surface area (TPSA) is 87.7 Å². The molecule has 25 heavy (non-hydrogen) atoms. The van der Waals surface area contributed by atoms with E-state index in [-0.39, 0.29) is 16.2 Å². The Labute approximate surface area is 153 Å². The minimum absolute atomic E-state index is 0.137. The van der Waals surface area contributed by atoms with E-state index < -0.39 is 10.0 Å². The number of morpholine rings is 1. The second-order valence-electron chi connectivity index (χ2n) is 6.44. The number of nitrogens with one attached hydrogen (secondary N) is 2. The predicted molar refractivity (Wildman–Crippen MR) is 98.0 cm³/mol. The Balaban J connectivity index is 1.98. The van der Waals surface area contributed by atoms with Crippen molar-refractivity contribution >= 4 is 27.3 Å². The highest BCUT2D eigenvalue weighted by Crippen LogP contribution is 2.22. The highest BCUT2D eigenvalue weighted by Gasteiger charge is 2.26. The molecule has 7 nitrogen and oxygen atoms in total. The Bertz CT molecular complexity index is 667. The van der Waals surface area contributed by atoms with E-state index in [1.54, 1.807) is 12.1 Å². The van der Waals surface area contributed by atoms with Crippen molar-refractivity contribution in [2.45, 2.75) is 37.6 Å². The van der Waals surface area contributed by atoms with E-state index in [0.717, 1.165) is 18.0 Å². The van der Waals surface area contributed by atoms with Crippen LogP contribution in [0.5, 0.6) is 0 Å². The summed E-state index contributed by atoms with van der Waals surface area (Å²) in [6, 6.07) is 3.46. The zero-order valence-electron chi connectivity index (χ0n) is 14.9. The third kappa shape index (κ3) is 6.03. The molecule has 2 rings (SSSR count). The molecule has 1 aliphatic heterocycles. The molecular weight excluding hydrogens is 362 g/mol. The number of sulfonamides is 1. The lowest BCUT2D eigenvalue weighted by Crippen LogP contribution is -2.51. The smallest absolute Gasteiger partial charge is 0.250 e. The molecule has 1 unspecified atom stereocenters. The zero-order valence-corrected chi connectivity index (χ0v) is 16.6. The van der Waals surface area contributed by atoms with Crippen LogP contribution in [0.3, 0.4) is 0 Å². The third-order valence-electron chi connectivity index (χ3n) is 4.18. The van der Waals surface area contributed by atoms with Crippen LogP contribution in [-0.4, -0.2) is 58.1 Å². The fourth-order valence-electron chi connectivity index (χ4n) is 2.77. The summed E-state index contributed by atoms with van der Waals surface area (Å²) in [6.45, 7) is 9.38. The quantitative estimate of drug-likeness (QED) is 0.693. The van der Waals surface area contributed by atoms with Gasteiger partial charge in [0.1, 0.15) is 4.21 Å². The van der Waals surface area contributed by atoms with E-state index in [0.29, 0.717) is 32.2 Å². The maximum absolute atomic E-state index is 12.6. The molecule has 142 valence electrons. The fourth-order valence-corrected chi connectivity index (χ4v) is 5.16. The van der Waals surface area contributed by atoms with Gasteiger partial charge in [-0.15, -0.1) is 11.3 Å². The fraction of sp³-hybridized carbons (Fsp3) is 0.688. The summed E-state index contributed by atoms with van der Waals surface area (Å²) < 4.78 is 33.5. The molecule has 1 fully saturated rings. The Morgan fingerprint density at radius 2 is 2.00 bits per heavy atom. The number of hydrogen-bond acceptors (Lipinski definition) is 6. The maximum Gasteiger partial charge on any atom is 0.250 e. The summed E-state index contributed by atoms with van der Waals surface area (Å²) in [5.74, 6) is 0.195. The highest BCUT2D eigenvalue weighted by molar-refractivity contribution is 7.91. The molecule has 0 radical (unpaired) electrons. The summed E-state index contributed by atoms with van der Waals surface area (Å²) in [7, 11) is -3.55. The molecular formula is C16H27N3O4S2. The Morgan fingerprint density at radius 3 is 2.60 bits per heavy atom. The minimum atomic E-state index is -3.55. The van der Waals surface area contributed by atoms with Gasteiger partial charge in [-0.1, -0.05) is 13.8 Å². The monoisotopic (exact) mass is 389 g/mol. The van der Waals surface area contributed by atoms with Gasteiger partial charge in [-0.3, -0.25) is 9.69 Å². The van der Waals surface area contributed by atoms with E-state index in [9.17, 15) is 13.2 Å². The number of ether oxygens (including phenoxy) is 1. The largest absolute Gasteiger partial charge is 0.379 e. The first-order chi connectivity index (χ1) is 11.8.